The van der Waals surface area contributed by atoms with Gasteiger partial charge in [-0.3, -0.25) is 4.79 Å². The number of carbonyl (C=O) groups is 4. The molecule has 36 heavy (non-hydrogen) atoms. The van der Waals surface area contributed by atoms with Crippen LogP contribution in [0.25, 0.3) is 0 Å². The van der Waals surface area contributed by atoms with E-state index in [4.69, 9.17) is 24.1 Å². The highest BCUT2D eigenvalue weighted by Crippen LogP contribution is 2.11. The van der Waals surface area contributed by atoms with E-state index < -0.39 is 58.7 Å². The van der Waals surface area contributed by atoms with Crippen LogP contribution in [0.3, 0.4) is 0 Å². The number of amides is 2. The first kappa shape index (κ1) is 35.7. The van der Waals surface area contributed by atoms with Crippen LogP contribution in [0.2, 0.25) is 0 Å². The van der Waals surface area contributed by atoms with E-state index in [0.29, 0.717) is 0 Å². The van der Waals surface area contributed by atoms with Crippen molar-refractivity contribution in [3.63, 3.8) is 0 Å². The van der Waals surface area contributed by atoms with E-state index in [1.807, 2.05) is 0 Å². The molecule has 0 aromatic heterocycles. The largest absolute Gasteiger partial charge is 0.480 e. The molecule has 0 radical (unpaired) electrons. The highest BCUT2D eigenvalue weighted by Gasteiger charge is 2.27. The zero-order chi connectivity index (χ0) is 29.1. The Morgan fingerprint density at radius 1 is 0.639 bits per heavy atom. The lowest BCUT2D eigenvalue weighted by Gasteiger charge is -2.25. The maximum atomic E-state index is 12.7. The number of alkyl carbamates (subject to hydrolysis) is 2. The Morgan fingerprint density at radius 3 is 1.19 bits per heavy atom. The standard InChI is InChI=1S/C12H22FNO4.C12H23NO5/c1-11(2,3)17-7-8(9(13)15)14-10(16)18-12(4,5)6;1-11(2,3)17-7-8(9(14)15)13-10(16)18-12(4,5)6/h8H,7H2,1-6H3,(H,14,16);8H,7H2,1-6H3,(H,13,16)(H,14,15)/t2*8-/m00/s1. The Balaban J connectivity index is 0. The van der Waals surface area contributed by atoms with E-state index in [0.717, 1.165) is 0 Å². The fourth-order valence-electron chi connectivity index (χ4n) is 1.90. The van der Waals surface area contributed by atoms with Crippen LogP contribution in [0.1, 0.15) is 83.1 Å². The van der Waals surface area contributed by atoms with E-state index in [1.165, 1.54) is 0 Å². The fraction of sp³-hybridized carbons (Fsp3) is 0.833. The van der Waals surface area contributed by atoms with Gasteiger partial charge < -0.3 is 34.7 Å². The molecule has 0 rings (SSSR count). The first-order valence-electron chi connectivity index (χ1n) is 11.5. The quantitative estimate of drug-likeness (QED) is 0.401. The van der Waals surface area contributed by atoms with Crippen molar-refractivity contribution in [2.75, 3.05) is 13.2 Å². The normalized spacial score (nSPS) is 13.9. The number of carboxylic acids is 1. The summed E-state index contributed by atoms with van der Waals surface area (Å²) in [5, 5.41) is 13.4. The molecule has 3 N–H and O–H groups in total. The molecule has 212 valence electrons. The van der Waals surface area contributed by atoms with Gasteiger partial charge in [0, 0.05) is 0 Å². The smallest absolute Gasteiger partial charge is 0.408 e. The zero-order valence-corrected chi connectivity index (χ0v) is 23.7. The molecule has 0 aromatic carbocycles. The second-order valence-electron chi connectivity index (χ2n) is 11.9. The van der Waals surface area contributed by atoms with Crippen molar-refractivity contribution in [2.45, 2.75) is 118 Å². The van der Waals surface area contributed by atoms with Gasteiger partial charge in [0.05, 0.1) is 24.4 Å². The molecule has 11 nitrogen and oxygen atoms in total. The summed E-state index contributed by atoms with van der Waals surface area (Å²) in [4.78, 5) is 44.5. The Kier molecular flexibility index (Phi) is 14.2. The predicted octanol–water partition coefficient (Wildman–Crippen LogP) is 3.97. The van der Waals surface area contributed by atoms with Crippen molar-refractivity contribution < 1.29 is 47.6 Å². The number of halogens is 1. The van der Waals surface area contributed by atoms with Gasteiger partial charge in [0.25, 0.3) is 0 Å². The van der Waals surface area contributed by atoms with Gasteiger partial charge in [-0.15, -0.1) is 0 Å². The van der Waals surface area contributed by atoms with Gasteiger partial charge in [-0.05, 0) is 83.1 Å². The monoisotopic (exact) mass is 524 g/mol. The molecule has 0 aliphatic rings. The molecule has 0 aliphatic heterocycles. The Bertz CT molecular complexity index is 668. The molecule has 2 amide bonds. The van der Waals surface area contributed by atoms with Crippen LogP contribution in [0.15, 0.2) is 0 Å². The molecule has 0 spiro atoms. The van der Waals surface area contributed by atoms with Crippen molar-refractivity contribution in [2.24, 2.45) is 0 Å². The third kappa shape index (κ3) is 23.3. The Labute approximate surface area is 213 Å². The fourth-order valence-corrected chi connectivity index (χ4v) is 1.90. The summed E-state index contributed by atoms with van der Waals surface area (Å²) in [5.74, 6) is -1.16. The minimum atomic E-state index is -1.66. The van der Waals surface area contributed by atoms with E-state index in [9.17, 15) is 23.6 Å². The number of aliphatic carboxylic acids is 1. The summed E-state index contributed by atoms with van der Waals surface area (Å²) < 4.78 is 33.2. The molecule has 0 saturated heterocycles. The highest BCUT2D eigenvalue weighted by atomic mass is 19.1. The lowest BCUT2D eigenvalue weighted by atomic mass is 10.2. The minimum absolute atomic E-state index is 0.113. The lowest BCUT2D eigenvalue weighted by Crippen LogP contribution is -2.47. The van der Waals surface area contributed by atoms with E-state index in [-0.39, 0.29) is 13.2 Å². The topological polar surface area (TPSA) is 149 Å². The first-order chi connectivity index (χ1) is 15.8. The summed E-state index contributed by atoms with van der Waals surface area (Å²) in [6, 6.07) is -4.14. The number of rotatable bonds is 8. The summed E-state index contributed by atoms with van der Waals surface area (Å²) in [7, 11) is 0. The van der Waals surface area contributed by atoms with Crippen LogP contribution in [0.4, 0.5) is 14.0 Å². The van der Waals surface area contributed by atoms with Crippen molar-refractivity contribution in [1.82, 2.24) is 10.6 Å². The molecular formula is C24H45FN2O9. The average Bonchev–Trinajstić information content (AvgIpc) is 2.57. The van der Waals surface area contributed by atoms with Gasteiger partial charge in [0.2, 0.25) is 0 Å². The third-order valence-corrected chi connectivity index (χ3v) is 3.32. The number of hydrogen-bond donors (Lipinski definition) is 3. The Morgan fingerprint density at radius 2 is 0.944 bits per heavy atom. The summed E-state index contributed by atoms with van der Waals surface area (Å²) >= 11 is 0. The minimum Gasteiger partial charge on any atom is -0.480 e. The number of carboxylic acid groups (broad SMARTS) is 1. The predicted molar refractivity (Wildman–Crippen MR) is 131 cm³/mol. The van der Waals surface area contributed by atoms with Gasteiger partial charge in [-0.25, -0.2) is 14.4 Å². The van der Waals surface area contributed by atoms with Gasteiger partial charge >= 0.3 is 24.2 Å². The van der Waals surface area contributed by atoms with Crippen LogP contribution in [-0.4, -0.2) is 77.0 Å². The average molecular weight is 525 g/mol. The molecule has 0 heterocycles. The van der Waals surface area contributed by atoms with Crippen LogP contribution in [-0.2, 0) is 28.5 Å². The molecule has 0 aromatic rings. The molecule has 2 atom stereocenters. The van der Waals surface area contributed by atoms with Crippen molar-refractivity contribution >= 4 is 24.2 Å². The molecule has 12 heteroatoms. The molecule has 0 aliphatic carbocycles. The molecule has 0 fully saturated rings. The second kappa shape index (κ2) is 14.3. The number of carbonyl (C=O) groups excluding carboxylic acids is 3. The van der Waals surface area contributed by atoms with Crippen LogP contribution < -0.4 is 10.6 Å². The number of ether oxygens (including phenoxy) is 4. The number of hydrogen-bond acceptors (Lipinski definition) is 8. The summed E-state index contributed by atoms with van der Waals surface area (Å²) in [5.41, 5.74) is -2.37. The van der Waals surface area contributed by atoms with Gasteiger partial charge in [-0.1, -0.05) is 0 Å². The number of nitrogens with one attached hydrogen (secondary N) is 2. The van der Waals surface area contributed by atoms with Crippen molar-refractivity contribution in [1.29, 1.82) is 0 Å². The van der Waals surface area contributed by atoms with Crippen LogP contribution in [0.5, 0.6) is 0 Å². The van der Waals surface area contributed by atoms with Crippen LogP contribution >= 0.6 is 0 Å². The summed E-state index contributed by atoms with van der Waals surface area (Å²) in [6.07, 6.45) is -1.62. The van der Waals surface area contributed by atoms with E-state index >= 15 is 0 Å². The molecule has 0 unspecified atom stereocenters. The summed E-state index contributed by atoms with van der Waals surface area (Å²) in [6.45, 7) is 20.5. The van der Waals surface area contributed by atoms with E-state index in [2.05, 4.69) is 10.6 Å². The molecule has 0 saturated carbocycles. The second-order valence-corrected chi connectivity index (χ2v) is 11.9. The molecule has 0 bridgehead atoms. The van der Waals surface area contributed by atoms with Crippen molar-refractivity contribution in [3.05, 3.63) is 0 Å². The molecular weight excluding hydrogens is 479 g/mol. The third-order valence-electron chi connectivity index (χ3n) is 3.32. The Hall–Kier alpha value is -2.47. The van der Waals surface area contributed by atoms with Gasteiger partial charge in [0.1, 0.15) is 17.2 Å². The van der Waals surface area contributed by atoms with Crippen LogP contribution in [0, 0.1) is 0 Å². The highest BCUT2D eigenvalue weighted by molar-refractivity contribution is 5.81. The van der Waals surface area contributed by atoms with Gasteiger partial charge in [0.15, 0.2) is 6.04 Å². The SMILES string of the molecule is CC(C)(C)OC[C@H](NC(=O)OC(C)(C)C)C(=O)F.CC(C)(C)OC[C@H](NC(=O)OC(C)(C)C)C(=O)O. The maximum absolute atomic E-state index is 12.7. The first-order valence-corrected chi connectivity index (χ1v) is 11.5. The van der Waals surface area contributed by atoms with Gasteiger partial charge in [-0.2, -0.15) is 4.39 Å². The van der Waals surface area contributed by atoms with E-state index in [1.54, 1.807) is 83.1 Å². The lowest BCUT2D eigenvalue weighted by molar-refractivity contribution is -0.142. The van der Waals surface area contributed by atoms with Crippen molar-refractivity contribution in [3.8, 4) is 0 Å². The maximum Gasteiger partial charge on any atom is 0.408 e. The zero-order valence-electron chi connectivity index (χ0n) is 23.7.